The summed E-state index contributed by atoms with van der Waals surface area (Å²) in [6.45, 7) is 8.21. The molecule has 0 radical (unpaired) electrons. The fourth-order valence-corrected chi connectivity index (χ4v) is 2.15. The molecule has 1 rings (SSSR count). The second kappa shape index (κ2) is 5.63. The average Bonchev–Trinajstić information content (AvgIpc) is 2.30. The van der Waals surface area contributed by atoms with Gasteiger partial charge in [-0.15, -0.1) is 0 Å². The van der Waals surface area contributed by atoms with Crippen molar-refractivity contribution in [3.63, 3.8) is 0 Å². The Balaban J connectivity index is 2.87. The van der Waals surface area contributed by atoms with Gasteiger partial charge in [-0.2, -0.15) is 0 Å². The highest BCUT2D eigenvalue weighted by molar-refractivity contribution is 7.71. The highest BCUT2D eigenvalue weighted by Gasteiger charge is 2.23. The van der Waals surface area contributed by atoms with Crippen molar-refractivity contribution in [1.82, 2.24) is 0 Å². The lowest BCUT2D eigenvalue weighted by Gasteiger charge is -2.29. The summed E-state index contributed by atoms with van der Waals surface area (Å²) in [5.41, 5.74) is 1.76. The quantitative estimate of drug-likeness (QED) is 0.728. The van der Waals surface area contributed by atoms with E-state index in [9.17, 15) is 4.79 Å². The van der Waals surface area contributed by atoms with Gasteiger partial charge in [-0.3, -0.25) is 4.79 Å². The first-order chi connectivity index (χ1) is 7.90. The minimum atomic E-state index is 0.0292. The summed E-state index contributed by atoms with van der Waals surface area (Å²) in [6.07, 6.45) is 1.09. The molecule has 0 atom stereocenters. The summed E-state index contributed by atoms with van der Waals surface area (Å²) in [7, 11) is 3.95. The highest BCUT2D eigenvalue weighted by Crippen LogP contribution is 2.29. The Labute approximate surface area is 109 Å². The molecule has 0 bridgehead atoms. The summed E-state index contributed by atoms with van der Waals surface area (Å²) in [5.74, 6) is 0.646. The Morgan fingerprint density at radius 3 is 2.24 bits per heavy atom. The third kappa shape index (κ3) is 2.86. The molecule has 0 aliphatic rings. The van der Waals surface area contributed by atoms with Crippen LogP contribution in [0.3, 0.4) is 0 Å². The molecule has 0 saturated carbocycles. The summed E-state index contributed by atoms with van der Waals surface area (Å²) in [5, 5.41) is 0. The fraction of sp³-hybridized carbons (Fsp3) is 0.692. The predicted octanol–water partition coefficient (Wildman–Crippen LogP) is 2.59. The van der Waals surface area contributed by atoms with Crippen LogP contribution in [0.25, 0.3) is 0 Å². The molecular weight excluding hydrogens is 232 g/mol. The van der Waals surface area contributed by atoms with Gasteiger partial charge in [-0.05, 0) is 19.3 Å². The Morgan fingerprint density at radius 2 is 1.76 bits per heavy atom. The summed E-state index contributed by atoms with van der Waals surface area (Å²) >= 11 is 5.13. The Morgan fingerprint density at radius 1 is 1.18 bits per heavy atom. The largest absolute Gasteiger partial charge is 0.372 e. The smallest absolute Gasteiger partial charge is 0.224 e. The third-order valence-corrected chi connectivity index (χ3v) is 3.52. The van der Waals surface area contributed by atoms with Crippen LogP contribution >= 0.6 is 12.2 Å². The second-order valence-corrected chi connectivity index (χ2v) is 5.38. The van der Waals surface area contributed by atoms with E-state index in [2.05, 4.69) is 20.8 Å². The molecule has 17 heavy (non-hydrogen) atoms. The molecule has 1 aromatic rings. The van der Waals surface area contributed by atoms with Crippen LogP contribution in [0.15, 0.2) is 4.79 Å². The highest BCUT2D eigenvalue weighted by atomic mass is 32.1. The van der Waals surface area contributed by atoms with Gasteiger partial charge in [0.25, 0.3) is 0 Å². The number of rotatable bonds is 6. The normalized spacial score (nSPS) is 11.2. The van der Waals surface area contributed by atoms with Crippen molar-refractivity contribution in [2.45, 2.75) is 27.2 Å². The van der Waals surface area contributed by atoms with Crippen LogP contribution in [-0.4, -0.2) is 27.2 Å². The molecule has 1 aromatic carbocycles. The van der Waals surface area contributed by atoms with Crippen molar-refractivity contribution in [2.24, 2.45) is 5.92 Å². The van der Waals surface area contributed by atoms with Gasteiger partial charge < -0.3 is 9.80 Å². The van der Waals surface area contributed by atoms with Crippen molar-refractivity contribution < 1.29 is 0 Å². The molecule has 0 saturated heterocycles. The number of hydrogen-bond acceptors (Lipinski definition) is 4. The van der Waals surface area contributed by atoms with Gasteiger partial charge in [0.05, 0.1) is 5.69 Å². The van der Waals surface area contributed by atoms with Crippen molar-refractivity contribution in [3.05, 3.63) is 14.7 Å². The monoisotopic (exact) mass is 254 g/mol. The van der Waals surface area contributed by atoms with Crippen LogP contribution in [0, 0.1) is 10.4 Å². The van der Waals surface area contributed by atoms with Crippen molar-refractivity contribution in [2.75, 3.05) is 37.0 Å². The zero-order valence-corrected chi connectivity index (χ0v) is 12.2. The first-order valence-electron chi connectivity index (χ1n) is 6.15. The molecule has 0 fully saturated rings. The van der Waals surface area contributed by atoms with Gasteiger partial charge in [0, 0.05) is 27.2 Å². The van der Waals surface area contributed by atoms with E-state index in [0.717, 1.165) is 30.9 Å². The average molecular weight is 254 g/mol. The molecule has 0 spiro atoms. The third-order valence-electron chi connectivity index (χ3n) is 3.14. The van der Waals surface area contributed by atoms with Crippen LogP contribution in [0.4, 0.5) is 11.4 Å². The predicted molar refractivity (Wildman–Crippen MR) is 77.6 cm³/mol. The van der Waals surface area contributed by atoms with Gasteiger partial charge in [-0.25, -0.2) is 0 Å². The number of nitrogens with zero attached hydrogens (tertiary/aromatic N) is 2. The molecule has 0 N–H and O–H groups in total. The van der Waals surface area contributed by atoms with Gasteiger partial charge in [0.2, 0.25) is 5.43 Å². The minimum absolute atomic E-state index is 0.0292. The molecule has 0 amide bonds. The number of hydrogen-bond donors (Lipinski definition) is 0. The molecular formula is C13H22N2OS. The maximum Gasteiger partial charge on any atom is 0.224 e. The zero-order chi connectivity index (χ0) is 13.2. The van der Waals surface area contributed by atoms with E-state index < -0.39 is 0 Å². The maximum atomic E-state index is 11.8. The van der Waals surface area contributed by atoms with E-state index in [-0.39, 0.29) is 5.43 Å². The lowest BCUT2D eigenvalue weighted by Crippen LogP contribution is -2.34. The Kier molecular flexibility index (Phi) is 4.69. The van der Waals surface area contributed by atoms with E-state index >= 15 is 0 Å². The Bertz CT molecular complexity index is 446. The molecule has 0 aliphatic heterocycles. The van der Waals surface area contributed by atoms with Crippen LogP contribution in [0.5, 0.6) is 0 Å². The summed E-state index contributed by atoms with van der Waals surface area (Å²) in [4.78, 5) is 15.9. The second-order valence-electron chi connectivity index (χ2n) is 4.97. The first kappa shape index (κ1) is 14.2. The molecule has 0 aliphatic carbocycles. The maximum absolute atomic E-state index is 11.8. The van der Waals surface area contributed by atoms with E-state index in [0.29, 0.717) is 10.4 Å². The molecule has 0 heterocycles. The van der Waals surface area contributed by atoms with Gasteiger partial charge in [-0.1, -0.05) is 26.1 Å². The lowest BCUT2D eigenvalue weighted by molar-refractivity contribution is 0.584. The fourth-order valence-electron chi connectivity index (χ4n) is 1.80. The van der Waals surface area contributed by atoms with Crippen LogP contribution < -0.4 is 15.2 Å². The van der Waals surface area contributed by atoms with E-state index in [4.69, 9.17) is 12.2 Å². The van der Waals surface area contributed by atoms with Crippen LogP contribution in [0.1, 0.15) is 27.2 Å². The minimum Gasteiger partial charge on any atom is -0.372 e. The zero-order valence-electron chi connectivity index (χ0n) is 11.4. The lowest BCUT2D eigenvalue weighted by atomic mass is 10.1. The topological polar surface area (TPSA) is 23.6 Å². The van der Waals surface area contributed by atoms with Gasteiger partial charge >= 0.3 is 0 Å². The summed E-state index contributed by atoms with van der Waals surface area (Å²) in [6, 6.07) is 0. The first-order valence-corrected chi connectivity index (χ1v) is 6.56. The SMILES string of the molecule is CCN(C)c1c(N(C)CCC(C)C)c(=O)c1=S. The summed E-state index contributed by atoms with van der Waals surface area (Å²) < 4.78 is 0.487. The van der Waals surface area contributed by atoms with E-state index in [1.807, 2.05) is 23.9 Å². The standard InChI is InChI=1S/C13H22N2OS/c1-6-14(4)11-10(12(16)13(11)17)15(5)8-7-9(2)3/h9H,6-8H2,1-5H3. The number of anilines is 2. The van der Waals surface area contributed by atoms with Gasteiger partial charge in [0.1, 0.15) is 10.2 Å². The molecule has 96 valence electrons. The van der Waals surface area contributed by atoms with Crippen LogP contribution in [-0.2, 0) is 0 Å². The molecule has 4 heteroatoms. The van der Waals surface area contributed by atoms with Gasteiger partial charge in [0.15, 0.2) is 0 Å². The Hall–Kier alpha value is -0.900. The van der Waals surface area contributed by atoms with Crippen molar-refractivity contribution in [1.29, 1.82) is 0 Å². The van der Waals surface area contributed by atoms with Crippen molar-refractivity contribution in [3.8, 4) is 0 Å². The van der Waals surface area contributed by atoms with E-state index in [1.165, 1.54) is 0 Å². The molecule has 0 aromatic heterocycles. The van der Waals surface area contributed by atoms with E-state index in [1.54, 1.807) is 0 Å². The van der Waals surface area contributed by atoms with Crippen LogP contribution in [0.2, 0.25) is 0 Å². The molecule has 3 nitrogen and oxygen atoms in total. The van der Waals surface area contributed by atoms with Crippen molar-refractivity contribution >= 4 is 23.6 Å². The molecule has 0 unspecified atom stereocenters.